The zero-order valence-corrected chi connectivity index (χ0v) is 11.0. The molecule has 0 aliphatic heterocycles. The Balaban J connectivity index is 2.84. The summed E-state index contributed by atoms with van der Waals surface area (Å²) in [5.41, 5.74) is 0.923. The summed E-state index contributed by atoms with van der Waals surface area (Å²) in [4.78, 5) is 30.2. The molecule has 0 fully saturated rings. The number of aromatic nitrogens is 2. The van der Waals surface area contributed by atoms with Crippen molar-refractivity contribution >= 4 is 11.9 Å². The summed E-state index contributed by atoms with van der Waals surface area (Å²) in [6, 6.07) is 0. The molecule has 106 valence electrons. The van der Waals surface area contributed by atoms with Crippen LogP contribution in [0.1, 0.15) is 25.2 Å². The number of aliphatic hydroxyl groups excluding tert-OH is 1. The highest BCUT2D eigenvalue weighted by atomic mass is 16.6. The molecule has 0 aromatic carbocycles. The van der Waals surface area contributed by atoms with Crippen LogP contribution < -0.4 is 0 Å². The van der Waals surface area contributed by atoms with E-state index < -0.39 is 17.9 Å². The van der Waals surface area contributed by atoms with Gasteiger partial charge in [-0.05, 0) is 13.8 Å². The van der Waals surface area contributed by atoms with Gasteiger partial charge in [0, 0.05) is 6.42 Å². The van der Waals surface area contributed by atoms with Crippen LogP contribution in [0.15, 0.2) is 6.33 Å². The maximum Gasteiger partial charge on any atom is 0.320 e. The minimum atomic E-state index is -1.06. The minimum Gasteiger partial charge on any atom is -0.465 e. The van der Waals surface area contributed by atoms with Crippen molar-refractivity contribution in [1.82, 2.24) is 9.97 Å². The fourth-order valence-corrected chi connectivity index (χ4v) is 1.60. The molecule has 0 saturated carbocycles. The normalized spacial score (nSPS) is 10.5. The molecule has 0 bridgehead atoms. The summed E-state index contributed by atoms with van der Waals surface area (Å²) in [7, 11) is 0. The van der Waals surface area contributed by atoms with Crippen LogP contribution >= 0.6 is 0 Å². The van der Waals surface area contributed by atoms with Crippen molar-refractivity contribution in [3.63, 3.8) is 0 Å². The third-order valence-corrected chi connectivity index (χ3v) is 2.51. The molecule has 2 N–H and O–H groups in total. The number of rotatable bonds is 7. The van der Waals surface area contributed by atoms with Crippen molar-refractivity contribution < 1.29 is 24.2 Å². The monoisotopic (exact) mass is 270 g/mol. The summed E-state index contributed by atoms with van der Waals surface area (Å²) in [6.07, 6.45) is 1.44. The largest absolute Gasteiger partial charge is 0.465 e. The number of esters is 2. The number of H-pyrrole nitrogens is 1. The molecule has 0 spiro atoms. The molecule has 0 saturated heterocycles. The van der Waals surface area contributed by atoms with Gasteiger partial charge in [-0.15, -0.1) is 0 Å². The van der Waals surface area contributed by atoms with E-state index in [1.165, 1.54) is 6.33 Å². The van der Waals surface area contributed by atoms with E-state index in [4.69, 9.17) is 14.6 Å². The number of ether oxygens (including phenoxy) is 2. The summed E-state index contributed by atoms with van der Waals surface area (Å²) in [6.45, 7) is 3.44. The molecule has 1 aromatic heterocycles. The molecule has 0 atom stereocenters. The van der Waals surface area contributed by atoms with Gasteiger partial charge in [0.1, 0.15) is 0 Å². The maximum absolute atomic E-state index is 11.8. The number of carbonyl (C=O) groups excluding carboxylic acids is 2. The zero-order valence-electron chi connectivity index (χ0n) is 11.0. The van der Waals surface area contributed by atoms with Crippen molar-refractivity contribution in [2.75, 3.05) is 13.2 Å². The van der Waals surface area contributed by atoms with Gasteiger partial charge in [0.25, 0.3) is 0 Å². The number of hydrogen-bond acceptors (Lipinski definition) is 6. The molecule has 0 radical (unpaired) electrons. The first kappa shape index (κ1) is 15.2. The molecule has 0 aliphatic rings. The third-order valence-electron chi connectivity index (χ3n) is 2.51. The zero-order chi connectivity index (χ0) is 14.3. The van der Waals surface area contributed by atoms with Crippen LogP contribution in [0.3, 0.4) is 0 Å². The van der Waals surface area contributed by atoms with E-state index in [1.54, 1.807) is 13.8 Å². The predicted octanol–water partition coefficient (Wildman–Crippen LogP) is 0.187. The Morgan fingerprint density at radius 3 is 2.37 bits per heavy atom. The number of hydrogen-bond donors (Lipinski definition) is 2. The van der Waals surface area contributed by atoms with Crippen LogP contribution in [-0.4, -0.2) is 40.2 Å². The number of nitrogens with one attached hydrogen (secondary N) is 1. The lowest BCUT2D eigenvalue weighted by atomic mass is 10.0. The second kappa shape index (κ2) is 7.52. The van der Waals surface area contributed by atoms with E-state index >= 15 is 0 Å². The third kappa shape index (κ3) is 4.06. The molecule has 7 heteroatoms. The topological polar surface area (TPSA) is 102 Å². The van der Waals surface area contributed by atoms with E-state index in [9.17, 15) is 9.59 Å². The van der Waals surface area contributed by atoms with Gasteiger partial charge in [-0.3, -0.25) is 9.59 Å². The fourth-order valence-electron chi connectivity index (χ4n) is 1.60. The Morgan fingerprint density at radius 1 is 1.32 bits per heavy atom. The van der Waals surface area contributed by atoms with Gasteiger partial charge in [0.15, 0.2) is 5.92 Å². The van der Waals surface area contributed by atoms with E-state index in [2.05, 4.69) is 9.97 Å². The quantitative estimate of drug-likeness (QED) is 0.541. The summed E-state index contributed by atoms with van der Waals surface area (Å²) in [5.74, 6) is -2.35. The van der Waals surface area contributed by atoms with Gasteiger partial charge in [0.2, 0.25) is 0 Å². The maximum atomic E-state index is 11.8. The van der Waals surface area contributed by atoms with Gasteiger partial charge < -0.3 is 19.6 Å². The Kier molecular flexibility index (Phi) is 6.01. The molecule has 0 aliphatic carbocycles. The standard InChI is InChI=1S/C12H18N2O5/c1-3-18-11(16)8(12(17)19-4-2)5-9-10(6-15)14-7-13-9/h7-8,15H,3-6H2,1-2H3,(H,13,14). The minimum absolute atomic E-state index is 0.0388. The molecular formula is C12H18N2O5. The second-order valence-electron chi connectivity index (χ2n) is 3.75. The van der Waals surface area contributed by atoms with Crippen LogP contribution in [-0.2, 0) is 32.1 Å². The van der Waals surface area contributed by atoms with Crippen LogP contribution in [0.5, 0.6) is 0 Å². The molecule has 0 amide bonds. The molecule has 7 nitrogen and oxygen atoms in total. The highest BCUT2D eigenvalue weighted by Gasteiger charge is 2.31. The lowest BCUT2D eigenvalue weighted by Crippen LogP contribution is -2.30. The predicted molar refractivity (Wildman–Crippen MR) is 65.0 cm³/mol. The van der Waals surface area contributed by atoms with Crippen LogP contribution in [0.2, 0.25) is 0 Å². The Morgan fingerprint density at radius 2 is 1.89 bits per heavy atom. The number of nitrogens with zero attached hydrogens (tertiary/aromatic N) is 1. The molecule has 1 aromatic rings. The van der Waals surface area contributed by atoms with Gasteiger partial charge in [0.05, 0.1) is 37.5 Å². The lowest BCUT2D eigenvalue weighted by molar-refractivity contribution is -0.161. The van der Waals surface area contributed by atoms with Crippen molar-refractivity contribution in [2.45, 2.75) is 26.9 Å². The van der Waals surface area contributed by atoms with Gasteiger partial charge >= 0.3 is 11.9 Å². The Labute approximate surface area is 110 Å². The summed E-state index contributed by atoms with van der Waals surface area (Å²) in [5, 5.41) is 9.10. The summed E-state index contributed by atoms with van der Waals surface area (Å²) < 4.78 is 9.71. The smallest absolute Gasteiger partial charge is 0.320 e. The van der Waals surface area contributed by atoms with E-state index in [1.807, 2.05) is 0 Å². The molecular weight excluding hydrogens is 252 g/mol. The SMILES string of the molecule is CCOC(=O)C(Cc1nc[nH]c1CO)C(=O)OCC. The number of imidazole rings is 1. The molecule has 1 rings (SSSR count). The molecule has 19 heavy (non-hydrogen) atoms. The second-order valence-corrected chi connectivity index (χ2v) is 3.75. The number of carbonyl (C=O) groups is 2. The van der Waals surface area contributed by atoms with E-state index in [-0.39, 0.29) is 26.2 Å². The fraction of sp³-hybridized carbons (Fsp3) is 0.583. The van der Waals surface area contributed by atoms with E-state index in [0.29, 0.717) is 11.4 Å². The van der Waals surface area contributed by atoms with Gasteiger partial charge in [-0.25, -0.2) is 4.98 Å². The number of aliphatic hydroxyl groups is 1. The van der Waals surface area contributed by atoms with Crippen molar-refractivity contribution in [3.8, 4) is 0 Å². The average molecular weight is 270 g/mol. The molecule has 1 heterocycles. The van der Waals surface area contributed by atoms with Crippen molar-refractivity contribution in [2.24, 2.45) is 5.92 Å². The lowest BCUT2D eigenvalue weighted by Gasteiger charge is -2.13. The first-order valence-electron chi connectivity index (χ1n) is 6.09. The van der Waals surface area contributed by atoms with E-state index in [0.717, 1.165) is 0 Å². The first-order valence-corrected chi connectivity index (χ1v) is 6.09. The Hall–Kier alpha value is -1.89. The average Bonchev–Trinajstić information content (AvgIpc) is 2.83. The molecule has 0 unspecified atom stereocenters. The van der Waals surface area contributed by atoms with Gasteiger partial charge in [-0.1, -0.05) is 0 Å². The first-order chi connectivity index (χ1) is 9.13. The van der Waals surface area contributed by atoms with Crippen LogP contribution in [0.25, 0.3) is 0 Å². The summed E-state index contributed by atoms with van der Waals surface area (Å²) >= 11 is 0. The van der Waals surface area contributed by atoms with Crippen molar-refractivity contribution in [3.05, 3.63) is 17.7 Å². The Bertz CT molecular complexity index is 412. The number of aromatic amines is 1. The van der Waals surface area contributed by atoms with Crippen LogP contribution in [0, 0.1) is 5.92 Å². The highest BCUT2D eigenvalue weighted by Crippen LogP contribution is 2.14. The van der Waals surface area contributed by atoms with Crippen molar-refractivity contribution in [1.29, 1.82) is 0 Å². The highest BCUT2D eigenvalue weighted by molar-refractivity contribution is 5.95. The van der Waals surface area contributed by atoms with Crippen LogP contribution in [0.4, 0.5) is 0 Å². The van der Waals surface area contributed by atoms with Gasteiger partial charge in [-0.2, -0.15) is 0 Å².